The van der Waals surface area contributed by atoms with Crippen molar-refractivity contribution in [2.45, 2.75) is 11.8 Å². The summed E-state index contributed by atoms with van der Waals surface area (Å²) < 4.78 is 26.9. The lowest BCUT2D eigenvalue weighted by atomic mass is 10.3. The van der Waals surface area contributed by atoms with Gasteiger partial charge in [0.1, 0.15) is 15.6 Å². The summed E-state index contributed by atoms with van der Waals surface area (Å²) in [6, 6.07) is 6.23. The fraction of sp³-hybridized carbons (Fsp3) is 0.154. The Morgan fingerprint density at radius 2 is 1.95 bits per heavy atom. The van der Waals surface area contributed by atoms with Crippen molar-refractivity contribution in [1.29, 1.82) is 0 Å². The first kappa shape index (κ1) is 15.3. The molecule has 0 bridgehead atoms. The maximum absolute atomic E-state index is 12.8. The van der Waals surface area contributed by atoms with Gasteiger partial charge in [-0.1, -0.05) is 12.2 Å². The minimum atomic E-state index is -3.80. The number of anilines is 1. The van der Waals surface area contributed by atoms with E-state index in [0.717, 1.165) is 0 Å². The molecule has 0 aliphatic carbocycles. The molecule has 21 heavy (non-hydrogen) atoms. The maximum atomic E-state index is 12.8. The van der Waals surface area contributed by atoms with Gasteiger partial charge in [0.15, 0.2) is 0 Å². The van der Waals surface area contributed by atoms with E-state index >= 15 is 0 Å². The Kier molecular flexibility index (Phi) is 4.49. The number of nitrogens with zero attached hydrogens (tertiary/aromatic N) is 3. The van der Waals surface area contributed by atoms with Gasteiger partial charge in [-0.05, 0) is 31.2 Å². The van der Waals surface area contributed by atoms with Gasteiger partial charge in [-0.25, -0.2) is 8.42 Å². The molecule has 0 fully saturated rings. The second-order valence-electron chi connectivity index (χ2n) is 4.09. The first-order valence-electron chi connectivity index (χ1n) is 6.16. The van der Waals surface area contributed by atoms with Crippen molar-refractivity contribution in [3.63, 3.8) is 0 Å². The third-order valence-electron chi connectivity index (χ3n) is 2.81. The van der Waals surface area contributed by atoms with Crippen LogP contribution >= 0.6 is 12.2 Å². The first-order chi connectivity index (χ1) is 9.98. The topological polar surface area (TPSA) is 89.2 Å². The molecule has 0 unspecified atom stereocenters. The summed E-state index contributed by atoms with van der Waals surface area (Å²) in [6.07, 6.45) is 4.52. The Hall–Kier alpha value is -2.06. The molecule has 0 radical (unpaired) electrons. The van der Waals surface area contributed by atoms with Crippen LogP contribution in [0.2, 0.25) is 0 Å². The molecule has 2 rings (SSSR count). The van der Waals surface area contributed by atoms with Gasteiger partial charge >= 0.3 is 0 Å². The minimum Gasteiger partial charge on any atom is -0.388 e. The molecular formula is C13H14N4O2S2. The smallest absolute Gasteiger partial charge is 0.266 e. The van der Waals surface area contributed by atoms with Gasteiger partial charge < -0.3 is 5.73 Å². The van der Waals surface area contributed by atoms with Crippen LogP contribution in [-0.2, 0) is 10.0 Å². The van der Waals surface area contributed by atoms with Gasteiger partial charge in [-0.2, -0.15) is 0 Å². The van der Waals surface area contributed by atoms with Crippen LogP contribution in [0.1, 0.15) is 12.6 Å². The number of hydrogen-bond donors (Lipinski definition) is 1. The van der Waals surface area contributed by atoms with E-state index in [-0.39, 0.29) is 22.1 Å². The van der Waals surface area contributed by atoms with Crippen LogP contribution in [-0.4, -0.2) is 29.9 Å². The highest BCUT2D eigenvalue weighted by atomic mass is 32.2. The second-order valence-corrected chi connectivity index (χ2v) is 6.36. The van der Waals surface area contributed by atoms with Crippen molar-refractivity contribution in [2.75, 3.05) is 10.8 Å². The van der Waals surface area contributed by atoms with E-state index in [1.165, 1.54) is 35.0 Å². The summed E-state index contributed by atoms with van der Waals surface area (Å²) in [7, 11) is -3.80. The van der Waals surface area contributed by atoms with Crippen LogP contribution in [0.25, 0.3) is 0 Å². The molecule has 0 aromatic carbocycles. The first-order valence-corrected chi connectivity index (χ1v) is 8.01. The lowest BCUT2D eigenvalue weighted by Gasteiger charge is -2.23. The quantitative estimate of drug-likeness (QED) is 0.835. The van der Waals surface area contributed by atoms with Gasteiger partial charge in [0.05, 0.1) is 5.69 Å². The highest BCUT2D eigenvalue weighted by Gasteiger charge is 2.27. The van der Waals surface area contributed by atoms with Crippen molar-refractivity contribution in [1.82, 2.24) is 9.97 Å². The molecule has 0 amide bonds. The van der Waals surface area contributed by atoms with Gasteiger partial charge in [0.2, 0.25) is 0 Å². The van der Waals surface area contributed by atoms with E-state index in [2.05, 4.69) is 9.97 Å². The van der Waals surface area contributed by atoms with E-state index in [4.69, 9.17) is 18.0 Å². The van der Waals surface area contributed by atoms with Crippen molar-refractivity contribution >= 4 is 32.9 Å². The van der Waals surface area contributed by atoms with Crippen LogP contribution in [0.15, 0.2) is 47.8 Å². The molecule has 0 aliphatic rings. The number of pyridine rings is 2. The predicted octanol–water partition coefficient (Wildman–Crippen LogP) is 1.33. The molecule has 2 aromatic heterocycles. The average molecular weight is 322 g/mol. The van der Waals surface area contributed by atoms with Crippen LogP contribution < -0.4 is 10.0 Å². The summed E-state index contributed by atoms with van der Waals surface area (Å²) in [5.41, 5.74) is 6.18. The van der Waals surface area contributed by atoms with Crippen LogP contribution in [0.4, 0.5) is 5.69 Å². The van der Waals surface area contributed by atoms with Gasteiger partial charge in [0, 0.05) is 25.1 Å². The van der Waals surface area contributed by atoms with E-state index in [1.807, 2.05) is 0 Å². The zero-order valence-electron chi connectivity index (χ0n) is 11.3. The second kappa shape index (κ2) is 6.15. The standard InChI is InChI=1S/C13H14N4O2S2/c1-2-17(10-5-8-15-9-6-10)21(18,19)11-4-3-7-16-12(11)13(14)20/h3-9H,2H2,1H3,(H2,14,20). The zero-order valence-corrected chi connectivity index (χ0v) is 12.9. The van der Waals surface area contributed by atoms with Crippen molar-refractivity contribution in [3.8, 4) is 0 Å². The Morgan fingerprint density at radius 3 is 2.52 bits per heavy atom. The van der Waals surface area contributed by atoms with Gasteiger partial charge in [-0.15, -0.1) is 0 Å². The monoisotopic (exact) mass is 322 g/mol. The summed E-state index contributed by atoms with van der Waals surface area (Å²) in [5, 5.41) is 0. The predicted molar refractivity (Wildman–Crippen MR) is 84.6 cm³/mol. The Morgan fingerprint density at radius 1 is 1.29 bits per heavy atom. The molecule has 0 saturated carbocycles. The largest absolute Gasteiger partial charge is 0.388 e. The van der Waals surface area contributed by atoms with Crippen LogP contribution in [0, 0.1) is 0 Å². The number of aromatic nitrogens is 2. The molecule has 6 nitrogen and oxygen atoms in total. The average Bonchev–Trinajstić information content (AvgIpc) is 2.49. The number of nitrogens with two attached hydrogens (primary N) is 1. The minimum absolute atomic E-state index is 0.00355. The summed E-state index contributed by atoms with van der Waals surface area (Å²) in [4.78, 5) is 7.80. The Bertz CT molecular complexity index is 748. The number of hydrogen-bond acceptors (Lipinski definition) is 5. The lowest BCUT2D eigenvalue weighted by Crippen LogP contribution is -2.32. The highest BCUT2D eigenvalue weighted by Crippen LogP contribution is 2.24. The molecule has 2 N–H and O–H groups in total. The molecule has 0 aliphatic heterocycles. The molecule has 0 atom stereocenters. The lowest BCUT2D eigenvalue weighted by molar-refractivity contribution is 0.591. The third-order valence-corrected chi connectivity index (χ3v) is 4.94. The highest BCUT2D eigenvalue weighted by molar-refractivity contribution is 7.93. The normalized spacial score (nSPS) is 11.1. The van der Waals surface area contributed by atoms with Crippen LogP contribution in [0.5, 0.6) is 0 Å². The van der Waals surface area contributed by atoms with E-state index in [1.54, 1.807) is 19.1 Å². The van der Waals surface area contributed by atoms with Crippen molar-refractivity contribution in [2.24, 2.45) is 5.73 Å². The number of thiocarbonyl (C=S) groups is 1. The van der Waals surface area contributed by atoms with Gasteiger partial charge in [-0.3, -0.25) is 14.3 Å². The van der Waals surface area contributed by atoms with Crippen LogP contribution in [0.3, 0.4) is 0 Å². The molecule has 0 spiro atoms. The number of sulfonamides is 1. The molecule has 110 valence electrons. The molecule has 2 heterocycles. The third kappa shape index (κ3) is 3.01. The number of rotatable bonds is 5. The fourth-order valence-electron chi connectivity index (χ4n) is 1.90. The Balaban J connectivity index is 2.59. The summed E-state index contributed by atoms with van der Waals surface area (Å²) in [5.74, 6) is 0. The van der Waals surface area contributed by atoms with E-state index in [9.17, 15) is 8.42 Å². The van der Waals surface area contributed by atoms with Gasteiger partial charge in [0.25, 0.3) is 10.0 Å². The SMILES string of the molecule is CCN(c1ccncc1)S(=O)(=O)c1cccnc1C(N)=S. The fourth-order valence-corrected chi connectivity index (χ4v) is 3.77. The van der Waals surface area contributed by atoms with E-state index in [0.29, 0.717) is 5.69 Å². The molecule has 2 aromatic rings. The molecule has 0 saturated heterocycles. The van der Waals surface area contributed by atoms with E-state index < -0.39 is 10.0 Å². The Labute approximate surface area is 128 Å². The summed E-state index contributed by atoms with van der Waals surface area (Å²) in [6.45, 7) is 2.01. The zero-order chi connectivity index (χ0) is 15.5. The molecular weight excluding hydrogens is 308 g/mol. The van der Waals surface area contributed by atoms with Crippen molar-refractivity contribution in [3.05, 3.63) is 48.5 Å². The molecule has 8 heteroatoms. The van der Waals surface area contributed by atoms with Crippen molar-refractivity contribution < 1.29 is 8.42 Å². The maximum Gasteiger partial charge on any atom is 0.266 e. The summed E-state index contributed by atoms with van der Waals surface area (Å²) >= 11 is 4.88.